The van der Waals surface area contributed by atoms with Crippen molar-refractivity contribution >= 4 is 5.91 Å². The first-order chi connectivity index (χ1) is 8.08. The number of nitrogens with two attached hydrogens (primary N) is 2. The van der Waals surface area contributed by atoms with E-state index < -0.39 is 12.2 Å². The lowest BCUT2D eigenvalue weighted by Crippen LogP contribution is -2.48. The highest BCUT2D eigenvalue weighted by molar-refractivity contribution is 5.82. The Morgan fingerprint density at radius 2 is 1.88 bits per heavy atom. The predicted octanol–water partition coefficient (Wildman–Crippen LogP) is 0.402. The minimum Gasteiger partial charge on any atom is -0.338 e. The quantitative estimate of drug-likeness (QED) is 0.737. The minimum atomic E-state index is -0.870. The summed E-state index contributed by atoms with van der Waals surface area (Å²) in [5.41, 5.74) is 11.8. The number of rotatable bonds is 2. The highest BCUT2D eigenvalue weighted by atomic mass is 19.1. The fraction of sp³-hybridized carbons (Fsp3) is 0.917. The number of hydrogen-bond donors (Lipinski definition) is 2. The topological polar surface area (TPSA) is 72.4 Å². The number of nitrogens with zero attached hydrogens (tertiary/aromatic N) is 1. The molecule has 4 nitrogen and oxygen atoms in total. The molecule has 0 radical (unpaired) electrons. The summed E-state index contributed by atoms with van der Waals surface area (Å²) in [5.74, 6) is 0.145. The Morgan fingerprint density at radius 3 is 2.41 bits per heavy atom. The van der Waals surface area contributed by atoms with E-state index in [2.05, 4.69) is 0 Å². The molecule has 1 saturated carbocycles. The van der Waals surface area contributed by atoms with Crippen molar-refractivity contribution in [2.45, 2.75) is 50.4 Å². The number of likely N-dealkylation sites (tertiary alicyclic amines) is 1. The van der Waals surface area contributed by atoms with Crippen LogP contribution in [0.15, 0.2) is 0 Å². The van der Waals surface area contributed by atoms with Crippen molar-refractivity contribution in [3.05, 3.63) is 0 Å². The van der Waals surface area contributed by atoms with Crippen LogP contribution >= 0.6 is 0 Å². The molecule has 4 N–H and O–H groups in total. The number of hydrogen-bond acceptors (Lipinski definition) is 3. The molecule has 98 valence electrons. The summed E-state index contributed by atoms with van der Waals surface area (Å²) in [6, 6.07) is -0.205. The summed E-state index contributed by atoms with van der Waals surface area (Å²) in [7, 11) is 0. The van der Waals surface area contributed by atoms with E-state index in [4.69, 9.17) is 11.5 Å². The van der Waals surface area contributed by atoms with Crippen molar-refractivity contribution < 1.29 is 9.18 Å². The molecular formula is C12H22FN3O. The molecule has 1 aliphatic carbocycles. The van der Waals surface area contributed by atoms with E-state index in [-0.39, 0.29) is 24.4 Å². The molecule has 0 aromatic carbocycles. The lowest BCUT2D eigenvalue weighted by molar-refractivity contribution is -0.133. The van der Waals surface area contributed by atoms with Crippen molar-refractivity contribution in [2.24, 2.45) is 17.4 Å². The van der Waals surface area contributed by atoms with Gasteiger partial charge in [-0.05, 0) is 38.0 Å². The fourth-order valence-corrected chi connectivity index (χ4v) is 2.83. The van der Waals surface area contributed by atoms with Crippen LogP contribution in [-0.2, 0) is 4.79 Å². The van der Waals surface area contributed by atoms with Crippen LogP contribution in [0.4, 0.5) is 4.39 Å². The standard InChI is InChI=1S/C12H22FN3O/c13-9-5-6-16(7-9)12(17)11(15)8-1-3-10(14)4-2-8/h8-11H,1-7,14-15H2/t8-,9-,10-,11+/m1/s1. The van der Waals surface area contributed by atoms with Gasteiger partial charge in [0.2, 0.25) is 5.91 Å². The van der Waals surface area contributed by atoms with Crippen LogP contribution in [0.5, 0.6) is 0 Å². The molecule has 17 heavy (non-hydrogen) atoms. The average molecular weight is 243 g/mol. The van der Waals surface area contributed by atoms with Gasteiger partial charge in [-0.3, -0.25) is 4.79 Å². The molecule has 0 unspecified atom stereocenters. The largest absolute Gasteiger partial charge is 0.338 e. The molecular weight excluding hydrogens is 221 g/mol. The highest BCUT2D eigenvalue weighted by Gasteiger charge is 2.34. The van der Waals surface area contributed by atoms with Gasteiger partial charge in [0.25, 0.3) is 0 Å². The van der Waals surface area contributed by atoms with Gasteiger partial charge in [-0.25, -0.2) is 4.39 Å². The lowest BCUT2D eigenvalue weighted by Gasteiger charge is -2.31. The van der Waals surface area contributed by atoms with Gasteiger partial charge in [0.15, 0.2) is 0 Å². The molecule has 2 atom stereocenters. The average Bonchev–Trinajstić information content (AvgIpc) is 2.75. The zero-order valence-corrected chi connectivity index (χ0v) is 10.1. The Balaban J connectivity index is 1.86. The van der Waals surface area contributed by atoms with Crippen molar-refractivity contribution in [3.63, 3.8) is 0 Å². The normalized spacial score (nSPS) is 35.9. The maximum atomic E-state index is 13.0. The molecule has 0 aromatic heterocycles. The predicted molar refractivity (Wildman–Crippen MR) is 64.0 cm³/mol. The molecule has 5 heteroatoms. The molecule has 0 aromatic rings. The summed E-state index contributed by atoms with van der Waals surface area (Å²) in [5, 5.41) is 0. The maximum absolute atomic E-state index is 13.0. The monoisotopic (exact) mass is 243 g/mol. The first-order valence-corrected chi connectivity index (χ1v) is 6.52. The molecule has 1 amide bonds. The Labute approximate surface area is 102 Å². The van der Waals surface area contributed by atoms with Gasteiger partial charge in [0.05, 0.1) is 12.6 Å². The smallest absolute Gasteiger partial charge is 0.239 e. The third-order valence-electron chi connectivity index (χ3n) is 4.05. The molecule has 1 saturated heterocycles. The molecule has 2 rings (SSSR count). The van der Waals surface area contributed by atoms with Crippen molar-refractivity contribution in [1.82, 2.24) is 4.90 Å². The third kappa shape index (κ3) is 2.96. The van der Waals surface area contributed by atoms with Gasteiger partial charge in [-0.15, -0.1) is 0 Å². The minimum absolute atomic E-state index is 0.0781. The first-order valence-electron chi connectivity index (χ1n) is 6.52. The van der Waals surface area contributed by atoms with E-state index in [1.165, 1.54) is 0 Å². The van der Waals surface area contributed by atoms with Crippen LogP contribution in [0.1, 0.15) is 32.1 Å². The Bertz CT molecular complexity index is 279. The second-order valence-corrected chi connectivity index (χ2v) is 5.37. The summed E-state index contributed by atoms with van der Waals surface area (Å²) in [4.78, 5) is 13.6. The van der Waals surface area contributed by atoms with Crippen LogP contribution in [0.2, 0.25) is 0 Å². The Hall–Kier alpha value is -0.680. The maximum Gasteiger partial charge on any atom is 0.239 e. The van der Waals surface area contributed by atoms with E-state index in [0.29, 0.717) is 13.0 Å². The van der Waals surface area contributed by atoms with Crippen LogP contribution in [0.25, 0.3) is 0 Å². The molecule has 2 fully saturated rings. The lowest BCUT2D eigenvalue weighted by atomic mass is 9.81. The van der Waals surface area contributed by atoms with E-state index in [0.717, 1.165) is 25.7 Å². The zero-order valence-electron chi connectivity index (χ0n) is 10.1. The summed E-state index contributed by atoms with van der Waals surface area (Å²) >= 11 is 0. The van der Waals surface area contributed by atoms with E-state index >= 15 is 0 Å². The van der Waals surface area contributed by atoms with Crippen LogP contribution < -0.4 is 11.5 Å². The van der Waals surface area contributed by atoms with E-state index in [1.54, 1.807) is 4.90 Å². The molecule has 0 spiro atoms. The van der Waals surface area contributed by atoms with Crippen LogP contribution in [0, 0.1) is 5.92 Å². The highest BCUT2D eigenvalue weighted by Crippen LogP contribution is 2.26. The number of carbonyl (C=O) groups is 1. The first kappa shape index (κ1) is 12.8. The molecule has 1 aliphatic heterocycles. The van der Waals surface area contributed by atoms with Crippen molar-refractivity contribution in [3.8, 4) is 0 Å². The molecule has 1 heterocycles. The number of alkyl halides is 1. The van der Waals surface area contributed by atoms with Gasteiger partial charge in [-0.1, -0.05) is 0 Å². The van der Waals surface area contributed by atoms with Gasteiger partial charge < -0.3 is 16.4 Å². The van der Waals surface area contributed by atoms with Crippen molar-refractivity contribution in [1.29, 1.82) is 0 Å². The zero-order chi connectivity index (χ0) is 12.4. The number of amides is 1. The SMILES string of the molecule is N[C@H](C(=O)N1CC[C@@H](F)C1)[C@H]1CC[C@H](N)CC1. The van der Waals surface area contributed by atoms with Gasteiger partial charge in [0.1, 0.15) is 6.17 Å². The van der Waals surface area contributed by atoms with Crippen LogP contribution in [-0.4, -0.2) is 42.2 Å². The van der Waals surface area contributed by atoms with Gasteiger partial charge in [0, 0.05) is 12.6 Å². The van der Waals surface area contributed by atoms with Crippen LogP contribution in [0.3, 0.4) is 0 Å². The number of halogens is 1. The summed E-state index contributed by atoms with van der Waals surface area (Å²) in [6.45, 7) is 0.735. The summed E-state index contributed by atoms with van der Waals surface area (Å²) < 4.78 is 13.0. The second-order valence-electron chi connectivity index (χ2n) is 5.37. The third-order valence-corrected chi connectivity index (χ3v) is 4.05. The summed E-state index contributed by atoms with van der Waals surface area (Å²) in [6.07, 6.45) is 3.30. The Kier molecular flexibility index (Phi) is 3.99. The van der Waals surface area contributed by atoms with Crippen molar-refractivity contribution in [2.75, 3.05) is 13.1 Å². The second kappa shape index (κ2) is 5.31. The molecule has 0 bridgehead atoms. The molecule has 2 aliphatic rings. The fourth-order valence-electron chi connectivity index (χ4n) is 2.83. The van der Waals surface area contributed by atoms with Gasteiger partial charge in [-0.2, -0.15) is 0 Å². The Morgan fingerprint density at radius 1 is 1.24 bits per heavy atom. The van der Waals surface area contributed by atoms with E-state index in [1.807, 2.05) is 0 Å². The number of carbonyl (C=O) groups excluding carboxylic acids is 1. The van der Waals surface area contributed by atoms with E-state index in [9.17, 15) is 9.18 Å². The van der Waals surface area contributed by atoms with Gasteiger partial charge >= 0.3 is 0 Å².